The van der Waals surface area contributed by atoms with Crippen molar-refractivity contribution in [1.82, 2.24) is 9.55 Å². The molecule has 1 aromatic rings. The Morgan fingerprint density at radius 1 is 1.59 bits per heavy atom. The molecule has 1 N–H and O–H groups in total. The van der Waals surface area contributed by atoms with Crippen molar-refractivity contribution in [2.75, 3.05) is 18.0 Å². The van der Waals surface area contributed by atoms with Crippen LogP contribution in [0.2, 0.25) is 0 Å². The largest absolute Gasteiger partial charge is 0.406 e. The van der Waals surface area contributed by atoms with Gasteiger partial charge in [0.25, 0.3) is 0 Å². The first-order chi connectivity index (χ1) is 7.88. The van der Waals surface area contributed by atoms with Gasteiger partial charge in [0.15, 0.2) is 0 Å². The second-order valence-corrected chi connectivity index (χ2v) is 4.56. The van der Waals surface area contributed by atoms with Gasteiger partial charge in [0.05, 0.1) is 18.7 Å². The fourth-order valence-electron chi connectivity index (χ4n) is 2.10. The third kappa shape index (κ3) is 1.76. The van der Waals surface area contributed by atoms with Gasteiger partial charge in [-0.15, -0.1) is 0 Å². The van der Waals surface area contributed by atoms with E-state index in [1.54, 1.807) is 23.4 Å². The van der Waals surface area contributed by atoms with Gasteiger partial charge in [0.2, 0.25) is 11.6 Å². The molecule has 2 heterocycles. The van der Waals surface area contributed by atoms with Gasteiger partial charge in [-0.2, -0.15) is 0 Å². The Bertz CT molecular complexity index is 462. The Labute approximate surface area is 98.8 Å². The maximum atomic E-state index is 10.9. The van der Waals surface area contributed by atoms with Gasteiger partial charge in [-0.25, -0.2) is 0 Å². The number of aliphatic hydroxyl groups is 1. The Morgan fingerprint density at radius 2 is 2.18 bits per heavy atom. The standard InChI is InChI=1S/C10H16N4O3/c1-4-10(15)5-13(6-10)9-8(14(16)17)11-7(2)12(9)3/h15H,4-6H2,1-3H3. The zero-order chi connectivity index (χ0) is 12.8. The second-order valence-electron chi connectivity index (χ2n) is 4.56. The summed E-state index contributed by atoms with van der Waals surface area (Å²) in [7, 11) is 1.74. The topological polar surface area (TPSA) is 84.4 Å². The quantitative estimate of drug-likeness (QED) is 0.617. The molecule has 2 rings (SSSR count). The predicted octanol–water partition coefficient (Wildman–Crippen LogP) is 0.598. The van der Waals surface area contributed by atoms with E-state index in [1.807, 2.05) is 6.92 Å². The lowest BCUT2D eigenvalue weighted by molar-refractivity contribution is -0.388. The molecule has 0 amide bonds. The van der Waals surface area contributed by atoms with Gasteiger partial charge >= 0.3 is 5.82 Å². The molecule has 1 aliphatic rings. The molecule has 0 unspecified atom stereocenters. The Kier molecular flexibility index (Phi) is 2.57. The minimum atomic E-state index is -0.716. The number of nitrogens with zero attached hydrogens (tertiary/aromatic N) is 4. The number of rotatable bonds is 3. The minimum absolute atomic E-state index is 0.136. The third-order valence-corrected chi connectivity index (χ3v) is 3.37. The molecule has 0 aliphatic carbocycles. The van der Waals surface area contributed by atoms with E-state index in [1.165, 1.54) is 0 Å². The van der Waals surface area contributed by atoms with E-state index in [0.29, 0.717) is 31.2 Å². The normalized spacial score (nSPS) is 18.0. The summed E-state index contributed by atoms with van der Waals surface area (Å²) in [6, 6.07) is 0. The molecule has 17 heavy (non-hydrogen) atoms. The molecule has 1 fully saturated rings. The molecule has 0 radical (unpaired) electrons. The van der Waals surface area contributed by atoms with Crippen LogP contribution in [-0.4, -0.2) is 38.3 Å². The van der Waals surface area contributed by atoms with Gasteiger partial charge in [0, 0.05) is 14.0 Å². The van der Waals surface area contributed by atoms with Crippen molar-refractivity contribution < 1.29 is 10.0 Å². The van der Waals surface area contributed by atoms with Crippen LogP contribution in [-0.2, 0) is 7.05 Å². The summed E-state index contributed by atoms with van der Waals surface area (Å²) in [5, 5.41) is 20.8. The lowest BCUT2D eigenvalue weighted by atomic mass is 9.91. The molecule has 1 aliphatic heterocycles. The summed E-state index contributed by atoms with van der Waals surface area (Å²) in [6.45, 7) is 4.47. The van der Waals surface area contributed by atoms with Gasteiger partial charge < -0.3 is 20.1 Å². The number of imidazole rings is 1. The Hall–Kier alpha value is -1.63. The second kappa shape index (κ2) is 3.69. The van der Waals surface area contributed by atoms with Crippen LogP contribution in [0.25, 0.3) is 0 Å². The fraction of sp³-hybridized carbons (Fsp3) is 0.700. The number of anilines is 1. The van der Waals surface area contributed by atoms with E-state index in [4.69, 9.17) is 0 Å². The SMILES string of the molecule is CCC1(O)CN(c2c([N+](=O)[O-])nc(C)n2C)C1. The first-order valence-corrected chi connectivity index (χ1v) is 5.53. The van der Waals surface area contributed by atoms with Crippen molar-refractivity contribution >= 4 is 11.6 Å². The average Bonchev–Trinajstić information content (AvgIpc) is 2.51. The summed E-state index contributed by atoms with van der Waals surface area (Å²) in [6.07, 6.45) is 0.647. The first-order valence-electron chi connectivity index (χ1n) is 5.53. The van der Waals surface area contributed by atoms with E-state index in [0.717, 1.165) is 0 Å². The van der Waals surface area contributed by atoms with Crippen LogP contribution in [0.5, 0.6) is 0 Å². The fourth-order valence-corrected chi connectivity index (χ4v) is 2.10. The highest BCUT2D eigenvalue weighted by molar-refractivity contribution is 5.58. The molecule has 1 aromatic heterocycles. The smallest absolute Gasteiger partial charge is 0.386 e. The zero-order valence-corrected chi connectivity index (χ0v) is 10.2. The molecule has 0 aromatic carbocycles. The number of β-amino-alcohol motifs (C(OH)–C–C–N with tert-alkyl or cyclic N) is 1. The van der Waals surface area contributed by atoms with Crippen molar-refractivity contribution in [2.45, 2.75) is 25.9 Å². The van der Waals surface area contributed by atoms with E-state index in [9.17, 15) is 15.2 Å². The average molecular weight is 240 g/mol. The molecule has 7 heteroatoms. The molecule has 1 saturated heterocycles. The number of aromatic nitrogens is 2. The molecule has 7 nitrogen and oxygen atoms in total. The van der Waals surface area contributed by atoms with Crippen molar-refractivity contribution in [1.29, 1.82) is 0 Å². The van der Waals surface area contributed by atoms with E-state index in [-0.39, 0.29) is 5.82 Å². The summed E-state index contributed by atoms with van der Waals surface area (Å²) >= 11 is 0. The highest BCUT2D eigenvalue weighted by Crippen LogP contribution is 2.35. The summed E-state index contributed by atoms with van der Waals surface area (Å²) in [4.78, 5) is 16.1. The van der Waals surface area contributed by atoms with Gasteiger partial charge in [-0.1, -0.05) is 6.92 Å². The minimum Gasteiger partial charge on any atom is -0.386 e. The van der Waals surface area contributed by atoms with Crippen molar-refractivity contribution in [2.24, 2.45) is 7.05 Å². The van der Waals surface area contributed by atoms with Crippen LogP contribution in [0.1, 0.15) is 19.2 Å². The van der Waals surface area contributed by atoms with Crippen LogP contribution in [0.15, 0.2) is 0 Å². The molecule has 0 saturated carbocycles. The molecule has 0 spiro atoms. The molecular weight excluding hydrogens is 224 g/mol. The van der Waals surface area contributed by atoms with Gasteiger partial charge in [-0.3, -0.25) is 4.57 Å². The summed E-state index contributed by atoms with van der Waals surface area (Å²) in [5.41, 5.74) is -0.716. The van der Waals surface area contributed by atoms with Crippen LogP contribution < -0.4 is 4.90 Å². The van der Waals surface area contributed by atoms with Crippen LogP contribution in [0.3, 0.4) is 0 Å². The van der Waals surface area contributed by atoms with E-state index in [2.05, 4.69) is 4.98 Å². The summed E-state index contributed by atoms with van der Waals surface area (Å²) < 4.78 is 1.69. The van der Waals surface area contributed by atoms with Gasteiger partial charge in [0.1, 0.15) is 0 Å². The van der Waals surface area contributed by atoms with E-state index >= 15 is 0 Å². The Morgan fingerprint density at radius 3 is 2.65 bits per heavy atom. The Balaban J connectivity index is 2.31. The monoisotopic (exact) mass is 240 g/mol. The predicted molar refractivity (Wildman–Crippen MR) is 62.1 cm³/mol. The lowest BCUT2D eigenvalue weighted by Crippen LogP contribution is -2.62. The number of hydrogen-bond donors (Lipinski definition) is 1. The number of aryl methyl sites for hydroxylation is 1. The lowest BCUT2D eigenvalue weighted by Gasteiger charge is -2.46. The molecule has 0 bridgehead atoms. The number of hydrogen-bond acceptors (Lipinski definition) is 5. The van der Waals surface area contributed by atoms with Crippen LogP contribution in [0, 0.1) is 17.0 Å². The summed E-state index contributed by atoms with van der Waals surface area (Å²) in [5.74, 6) is 0.937. The highest BCUT2D eigenvalue weighted by atomic mass is 16.6. The van der Waals surface area contributed by atoms with Crippen molar-refractivity contribution in [3.63, 3.8) is 0 Å². The molecular formula is C10H16N4O3. The first kappa shape index (κ1) is 11.8. The van der Waals surface area contributed by atoms with Crippen molar-refractivity contribution in [3.8, 4) is 0 Å². The molecule has 94 valence electrons. The van der Waals surface area contributed by atoms with Crippen LogP contribution in [0.4, 0.5) is 11.6 Å². The highest BCUT2D eigenvalue weighted by Gasteiger charge is 2.44. The van der Waals surface area contributed by atoms with Crippen molar-refractivity contribution in [3.05, 3.63) is 15.9 Å². The maximum absolute atomic E-state index is 10.9. The van der Waals surface area contributed by atoms with Gasteiger partial charge in [-0.05, 0) is 16.3 Å². The number of nitro groups is 1. The molecule has 0 atom stereocenters. The van der Waals surface area contributed by atoms with Crippen LogP contribution >= 0.6 is 0 Å². The van der Waals surface area contributed by atoms with E-state index < -0.39 is 10.5 Å². The maximum Gasteiger partial charge on any atom is 0.406 e. The zero-order valence-electron chi connectivity index (χ0n) is 10.2. The third-order valence-electron chi connectivity index (χ3n) is 3.37.